The lowest BCUT2D eigenvalue weighted by molar-refractivity contribution is -0.00219. The molecular formula is C14H33NO3Si. The first-order valence-corrected chi connectivity index (χ1v) is 10.1. The highest BCUT2D eigenvalue weighted by Gasteiger charge is 2.30. The van der Waals surface area contributed by atoms with Crippen molar-refractivity contribution in [2.24, 2.45) is 0 Å². The van der Waals surface area contributed by atoms with E-state index in [-0.39, 0.29) is 6.23 Å². The van der Waals surface area contributed by atoms with E-state index < -0.39 is 8.56 Å². The van der Waals surface area contributed by atoms with E-state index in [1.807, 2.05) is 6.55 Å². The third kappa shape index (κ3) is 8.04. The summed E-state index contributed by atoms with van der Waals surface area (Å²) in [5.74, 6) is 0. The predicted molar refractivity (Wildman–Crippen MR) is 82.5 cm³/mol. The van der Waals surface area contributed by atoms with Crippen molar-refractivity contribution in [2.75, 3.05) is 27.3 Å². The summed E-state index contributed by atoms with van der Waals surface area (Å²) in [6.07, 6.45) is 4.98. The molecule has 19 heavy (non-hydrogen) atoms. The van der Waals surface area contributed by atoms with Gasteiger partial charge in [-0.2, -0.15) is 0 Å². The maximum atomic E-state index is 10.4. The zero-order valence-corrected chi connectivity index (χ0v) is 14.4. The molecule has 0 saturated carbocycles. The Labute approximate surface area is 120 Å². The summed E-state index contributed by atoms with van der Waals surface area (Å²) in [7, 11) is 1.35. The van der Waals surface area contributed by atoms with Crippen molar-refractivity contribution in [1.29, 1.82) is 0 Å². The second kappa shape index (κ2) is 10.8. The smallest absolute Gasteiger partial charge is 0.334 e. The zero-order chi connectivity index (χ0) is 14.7. The van der Waals surface area contributed by atoms with Crippen LogP contribution in [0.4, 0.5) is 0 Å². The molecule has 0 spiro atoms. The van der Waals surface area contributed by atoms with Gasteiger partial charge in [-0.05, 0) is 31.9 Å². The Kier molecular flexibility index (Phi) is 10.8. The Morgan fingerprint density at radius 3 is 1.89 bits per heavy atom. The number of rotatable bonds is 12. The summed E-state index contributed by atoms with van der Waals surface area (Å²) in [4.78, 5) is 2.20. The van der Waals surface area contributed by atoms with E-state index in [0.717, 1.165) is 51.2 Å². The molecule has 0 aliphatic rings. The van der Waals surface area contributed by atoms with E-state index in [9.17, 15) is 5.11 Å². The predicted octanol–water partition coefficient (Wildman–Crippen LogP) is 2.96. The van der Waals surface area contributed by atoms with Gasteiger partial charge in [-0.3, -0.25) is 4.90 Å². The maximum Gasteiger partial charge on any atom is 0.334 e. The van der Waals surface area contributed by atoms with Gasteiger partial charge in [0.2, 0.25) is 0 Å². The SMILES string of the molecule is CCCCN(CCCC)C(O)CC[Si](C)(OC)OC. The molecule has 0 aliphatic heterocycles. The quantitative estimate of drug-likeness (QED) is 0.443. The molecule has 0 radical (unpaired) electrons. The first-order valence-electron chi connectivity index (χ1n) is 7.55. The van der Waals surface area contributed by atoms with Crippen molar-refractivity contribution in [3.63, 3.8) is 0 Å². The minimum Gasteiger partial charge on any atom is -0.398 e. The van der Waals surface area contributed by atoms with Gasteiger partial charge in [0, 0.05) is 27.3 Å². The van der Waals surface area contributed by atoms with E-state index in [4.69, 9.17) is 8.85 Å². The van der Waals surface area contributed by atoms with Crippen LogP contribution < -0.4 is 0 Å². The van der Waals surface area contributed by atoms with Gasteiger partial charge < -0.3 is 14.0 Å². The van der Waals surface area contributed by atoms with Gasteiger partial charge in [0.25, 0.3) is 0 Å². The maximum absolute atomic E-state index is 10.4. The topological polar surface area (TPSA) is 41.9 Å². The summed E-state index contributed by atoms with van der Waals surface area (Å²) in [5.41, 5.74) is 0. The normalized spacial score (nSPS) is 14.1. The number of hydrogen-bond donors (Lipinski definition) is 1. The standard InChI is InChI=1S/C14H33NO3Si/c1-6-8-11-15(12-9-7-2)14(16)10-13-19(5,17-3)18-4/h14,16H,6-13H2,1-5H3. The average molecular weight is 292 g/mol. The lowest BCUT2D eigenvalue weighted by Gasteiger charge is -2.30. The molecule has 0 saturated heterocycles. The van der Waals surface area contributed by atoms with Crippen LogP contribution in [-0.4, -0.2) is 52.1 Å². The van der Waals surface area contributed by atoms with Crippen molar-refractivity contribution in [1.82, 2.24) is 4.90 Å². The van der Waals surface area contributed by atoms with Crippen molar-refractivity contribution < 1.29 is 14.0 Å². The molecule has 0 heterocycles. The highest BCUT2D eigenvalue weighted by molar-refractivity contribution is 6.65. The summed E-state index contributed by atoms with van der Waals surface area (Å²) in [6, 6.07) is 0.829. The number of aliphatic hydroxyl groups is 1. The minimum absolute atomic E-state index is 0.366. The Hall–Kier alpha value is 0.0569. The van der Waals surface area contributed by atoms with Gasteiger partial charge >= 0.3 is 8.56 Å². The summed E-state index contributed by atoms with van der Waals surface area (Å²) >= 11 is 0. The zero-order valence-electron chi connectivity index (χ0n) is 13.4. The molecule has 0 fully saturated rings. The number of aliphatic hydroxyl groups excluding tert-OH is 1. The molecule has 0 aliphatic carbocycles. The fourth-order valence-electron chi connectivity index (χ4n) is 1.99. The van der Waals surface area contributed by atoms with E-state index in [1.165, 1.54) is 0 Å². The fraction of sp³-hybridized carbons (Fsp3) is 1.00. The first-order chi connectivity index (χ1) is 9.02. The van der Waals surface area contributed by atoms with Crippen molar-refractivity contribution in [3.8, 4) is 0 Å². The molecule has 0 aromatic rings. The Morgan fingerprint density at radius 2 is 1.53 bits per heavy atom. The molecule has 4 nitrogen and oxygen atoms in total. The van der Waals surface area contributed by atoms with Gasteiger partial charge in [-0.25, -0.2) is 0 Å². The van der Waals surface area contributed by atoms with Crippen molar-refractivity contribution in [2.45, 2.75) is 64.8 Å². The first kappa shape index (κ1) is 19.1. The fourth-order valence-corrected chi connectivity index (χ4v) is 3.35. The van der Waals surface area contributed by atoms with Crippen LogP contribution in [0, 0.1) is 0 Å². The molecule has 0 bridgehead atoms. The number of nitrogens with zero attached hydrogens (tertiary/aromatic N) is 1. The van der Waals surface area contributed by atoms with Gasteiger partial charge in [0.05, 0.1) is 0 Å². The van der Waals surface area contributed by atoms with Crippen LogP contribution in [0.25, 0.3) is 0 Å². The summed E-state index contributed by atoms with van der Waals surface area (Å²) in [6.45, 7) is 8.38. The van der Waals surface area contributed by atoms with Gasteiger partial charge in [0.15, 0.2) is 0 Å². The van der Waals surface area contributed by atoms with Crippen LogP contribution in [-0.2, 0) is 8.85 Å². The minimum atomic E-state index is -2.06. The van der Waals surface area contributed by atoms with Crippen LogP contribution in [0.15, 0.2) is 0 Å². The van der Waals surface area contributed by atoms with Gasteiger partial charge in [0.1, 0.15) is 6.23 Å². The van der Waals surface area contributed by atoms with Crippen LogP contribution in [0.3, 0.4) is 0 Å². The Morgan fingerprint density at radius 1 is 1.05 bits per heavy atom. The lowest BCUT2D eigenvalue weighted by Crippen LogP contribution is -2.41. The van der Waals surface area contributed by atoms with Crippen LogP contribution in [0.2, 0.25) is 12.6 Å². The average Bonchev–Trinajstić information content (AvgIpc) is 2.44. The molecule has 0 rings (SSSR count). The second-order valence-electron chi connectivity index (χ2n) is 5.30. The van der Waals surface area contributed by atoms with E-state index >= 15 is 0 Å². The summed E-state index contributed by atoms with van der Waals surface area (Å²) in [5, 5.41) is 10.4. The molecule has 0 aromatic heterocycles. The van der Waals surface area contributed by atoms with Crippen LogP contribution in [0.1, 0.15) is 46.0 Å². The highest BCUT2D eigenvalue weighted by Crippen LogP contribution is 2.17. The van der Waals surface area contributed by atoms with Crippen molar-refractivity contribution in [3.05, 3.63) is 0 Å². The molecule has 5 heteroatoms. The van der Waals surface area contributed by atoms with E-state index in [1.54, 1.807) is 14.2 Å². The molecule has 1 unspecified atom stereocenters. The third-order valence-corrected chi connectivity index (χ3v) is 6.66. The van der Waals surface area contributed by atoms with Gasteiger partial charge in [-0.15, -0.1) is 0 Å². The highest BCUT2D eigenvalue weighted by atomic mass is 28.4. The number of unbranched alkanes of at least 4 members (excludes halogenated alkanes) is 2. The largest absolute Gasteiger partial charge is 0.398 e. The van der Waals surface area contributed by atoms with Crippen molar-refractivity contribution >= 4 is 8.56 Å². The second-order valence-corrected chi connectivity index (χ2v) is 8.89. The van der Waals surface area contributed by atoms with Crippen LogP contribution >= 0.6 is 0 Å². The molecule has 0 amide bonds. The van der Waals surface area contributed by atoms with Gasteiger partial charge in [-0.1, -0.05) is 26.7 Å². The lowest BCUT2D eigenvalue weighted by atomic mass is 10.2. The third-order valence-electron chi connectivity index (χ3n) is 3.74. The van der Waals surface area contributed by atoms with E-state index in [2.05, 4.69) is 18.7 Å². The number of hydrogen-bond acceptors (Lipinski definition) is 4. The molecule has 1 N–H and O–H groups in total. The Balaban J connectivity index is 4.24. The monoisotopic (exact) mass is 291 g/mol. The molecule has 0 aromatic carbocycles. The van der Waals surface area contributed by atoms with E-state index in [0.29, 0.717) is 0 Å². The Bertz CT molecular complexity index is 205. The van der Waals surface area contributed by atoms with Crippen LogP contribution in [0.5, 0.6) is 0 Å². The molecular weight excluding hydrogens is 258 g/mol. The summed E-state index contributed by atoms with van der Waals surface area (Å²) < 4.78 is 10.9. The molecule has 1 atom stereocenters. The molecule has 116 valence electrons.